The van der Waals surface area contributed by atoms with Crippen LogP contribution in [0, 0.1) is 17.5 Å². The summed E-state index contributed by atoms with van der Waals surface area (Å²) in [5.41, 5.74) is 2.31. The van der Waals surface area contributed by atoms with E-state index in [0.29, 0.717) is 27.5 Å². The van der Waals surface area contributed by atoms with Crippen LogP contribution in [-0.2, 0) is 0 Å². The first-order chi connectivity index (χ1) is 15.1. The van der Waals surface area contributed by atoms with Crippen molar-refractivity contribution in [2.75, 3.05) is 7.11 Å². The second-order valence-electron chi connectivity index (χ2n) is 7.31. The van der Waals surface area contributed by atoms with E-state index < -0.39 is 17.5 Å². The molecule has 0 unspecified atom stereocenters. The van der Waals surface area contributed by atoms with E-state index >= 15 is 4.39 Å². The number of methoxy groups -OCH3 is 1. The van der Waals surface area contributed by atoms with Gasteiger partial charge in [0.25, 0.3) is 0 Å². The van der Waals surface area contributed by atoms with Gasteiger partial charge in [0.05, 0.1) is 7.11 Å². The highest BCUT2D eigenvalue weighted by Crippen LogP contribution is 2.45. The Balaban J connectivity index is 1.98. The van der Waals surface area contributed by atoms with E-state index in [1.165, 1.54) is 18.2 Å². The molecule has 0 N–H and O–H groups in total. The molecule has 0 heterocycles. The van der Waals surface area contributed by atoms with Crippen molar-refractivity contribution in [1.29, 1.82) is 0 Å². The first-order valence-corrected chi connectivity index (χ1v) is 9.81. The zero-order valence-corrected chi connectivity index (χ0v) is 16.6. The number of benzene rings is 5. The molecule has 0 aliphatic heterocycles. The zero-order chi connectivity index (χ0) is 21.5. The van der Waals surface area contributed by atoms with E-state index in [1.54, 1.807) is 13.2 Å². The van der Waals surface area contributed by atoms with Crippen LogP contribution in [0.3, 0.4) is 0 Å². The molecule has 4 heteroatoms. The van der Waals surface area contributed by atoms with E-state index in [-0.39, 0.29) is 5.56 Å². The summed E-state index contributed by atoms with van der Waals surface area (Å²) in [6.45, 7) is 0. The van der Waals surface area contributed by atoms with Gasteiger partial charge in [0.15, 0.2) is 0 Å². The quantitative estimate of drug-likeness (QED) is 0.274. The normalized spacial score (nSPS) is 11.2. The largest absolute Gasteiger partial charge is 0.497 e. The molecule has 152 valence electrons. The fourth-order valence-electron chi connectivity index (χ4n) is 4.23. The van der Waals surface area contributed by atoms with Crippen LogP contribution in [0.4, 0.5) is 13.2 Å². The SMILES string of the molecule is COc1ccc(-c2c3ccccc3c(-c3ccc(F)cc3F)c3c(F)cccc23)cc1. The third kappa shape index (κ3) is 3.12. The van der Waals surface area contributed by atoms with Gasteiger partial charge in [0, 0.05) is 22.6 Å². The summed E-state index contributed by atoms with van der Waals surface area (Å²) < 4.78 is 49.0. The molecule has 1 nitrogen and oxygen atoms in total. The molecule has 5 rings (SSSR count). The van der Waals surface area contributed by atoms with Gasteiger partial charge in [-0.3, -0.25) is 0 Å². The van der Waals surface area contributed by atoms with E-state index in [0.717, 1.165) is 22.6 Å². The number of ether oxygens (including phenoxy) is 1. The summed E-state index contributed by atoms with van der Waals surface area (Å²) in [6, 6.07) is 23.3. The number of hydrogen-bond donors (Lipinski definition) is 0. The van der Waals surface area contributed by atoms with Crippen LogP contribution in [-0.4, -0.2) is 7.11 Å². The molecule has 0 aliphatic carbocycles. The smallest absolute Gasteiger partial charge is 0.133 e. The molecule has 0 radical (unpaired) electrons. The molecule has 0 saturated carbocycles. The molecule has 0 atom stereocenters. The summed E-state index contributed by atoms with van der Waals surface area (Å²) >= 11 is 0. The third-order valence-electron chi connectivity index (χ3n) is 5.58. The van der Waals surface area contributed by atoms with E-state index in [2.05, 4.69) is 0 Å². The molecule has 0 aliphatic rings. The lowest BCUT2D eigenvalue weighted by molar-refractivity contribution is 0.415. The van der Waals surface area contributed by atoms with Gasteiger partial charge in [-0.05, 0) is 57.6 Å². The Labute approximate surface area is 177 Å². The van der Waals surface area contributed by atoms with Crippen LogP contribution in [0.5, 0.6) is 5.75 Å². The van der Waals surface area contributed by atoms with Gasteiger partial charge in [-0.25, -0.2) is 13.2 Å². The average molecular weight is 414 g/mol. The van der Waals surface area contributed by atoms with Crippen molar-refractivity contribution in [3.05, 3.63) is 102 Å². The predicted octanol–water partition coefficient (Wildman–Crippen LogP) is 7.75. The van der Waals surface area contributed by atoms with Crippen molar-refractivity contribution in [3.8, 4) is 28.0 Å². The fraction of sp³-hybridized carbons (Fsp3) is 0.0370. The standard InChI is InChI=1S/C27H17F3O/c1-31-18-12-9-16(10-13-18)25-19-5-2-3-6-20(19)26(21-14-11-17(28)15-24(21)30)27-22(25)7-4-8-23(27)29/h2-15H,1H3. The topological polar surface area (TPSA) is 9.23 Å². The van der Waals surface area contributed by atoms with Crippen molar-refractivity contribution in [3.63, 3.8) is 0 Å². The van der Waals surface area contributed by atoms with Crippen molar-refractivity contribution < 1.29 is 17.9 Å². The van der Waals surface area contributed by atoms with Crippen molar-refractivity contribution in [2.45, 2.75) is 0 Å². The maximum absolute atomic E-state index is 15.3. The van der Waals surface area contributed by atoms with Crippen molar-refractivity contribution in [2.24, 2.45) is 0 Å². The molecule has 5 aromatic rings. The Kier molecular flexibility index (Phi) is 4.63. The van der Waals surface area contributed by atoms with E-state index in [4.69, 9.17) is 4.74 Å². The van der Waals surface area contributed by atoms with Gasteiger partial charge in [-0.15, -0.1) is 0 Å². The Morgan fingerprint density at radius 1 is 0.613 bits per heavy atom. The van der Waals surface area contributed by atoms with Crippen molar-refractivity contribution in [1.82, 2.24) is 0 Å². The minimum Gasteiger partial charge on any atom is -0.497 e. The number of halogens is 3. The minimum atomic E-state index is -0.730. The second-order valence-corrected chi connectivity index (χ2v) is 7.31. The molecular weight excluding hydrogens is 397 g/mol. The summed E-state index contributed by atoms with van der Waals surface area (Å²) in [5.74, 6) is -1.15. The average Bonchev–Trinajstić information content (AvgIpc) is 2.78. The van der Waals surface area contributed by atoms with E-state index in [9.17, 15) is 8.78 Å². The minimum absolute atomic E-state index is 0.161. The summed E-state index contributed by atoms with van der Waals surface area (Å²) in [5, 5.41) is 2.50. The van der Waals surface area contributed by atoms with Crippen LogP contribution in [0.2, 0.25) is 0 Å². The summed E-state index contributed by atoms with van der Waals surface area (Å²) in [6.07, 6.45) is 0. The Bertz CT molecular complexity index is 1440. The monoisotopic (exact) mass is 414 g/mol. The first kappa shape index (κ1) is 19.2. The Morgan fingerprint density at radius 3 is 1.97 bits per heavy atom. The highest BCUT2D eigenvalue weighted by atomic mass is 19.1. The van der Waals surface area contributed by atoms with Crippen LogP contribution < -0.4 is 4.74 Å². The third-order valence-corrected chi connectivity index (χ3v) is 5.58. The van der Waals surface area contributed by atoms with Gasteiger partial charge < -0.3 is 4.74 Å². The molecule has 5 aromatic carbocycles. The molecule has 0 bridgehead atoms. The van der Waals surface area contributed by atoms with Crippen molar-refractivity contribution >= 4 is 21.5 Å². The molecule has 0 fully saturated rings. The highest BCUT2D eigenvalue weighted by molar-refractivity contribution is 6.21. The molecule has 0 aromatic heterocycles. The molecular formula is C27H17F3O. The maximum Gasteiger partial charge on any atom is 0.133 e. The lowest BCUT2D eigenvalue weighted by Gasteiger charge is -2.18. The molecule has 0 spiro atoms. The van der Waals surface area contributed by atoms with Gasteiger partial charge in [-0.2, -0.15) is 0 Å². The first-order valence-electron chi connectivity index (χ1n) is 9.81. The van der Waals surface area contributed by atoms with E-state index in [1.807, 2.05) is 54.6 Å². The predicted molar refractivity (Wildman–Crippen MR) is 119 cm³/mol. The Hall–Kier alpha value is -3.79. The summed E-state index contributed by atoms with van der Waals surface area (Å²) in [4.78, 5) is 0. The second kappa shape index (κ2) is 7.47. The number of fused-ring (bicyclic) bond motifs is 2. The van der Waals surface area contributed by atoms with Crippen LogP contribution >= 0.6 is 0 Å². The van der Waals surface area contributed by atoms with Crippen LogP contribution in [0.25, 0.3) is 43.8 Å². The zero-order valence-electron chi connectivity index (χ0n) is 16.6. The fourth-order valence-corrected chi connectivity index (χ4v) is 4.23. The van der Waals surface area contributed by atoms with Gasteiger partial charge >= 0.3 is 0 Å². The lowest BCUT2D eigenvalue weighted by atomic mass is 9.85. The number of rotatable bonds is 3. The maximum atomic E-state index is 15.3. The lowest BCUT2D eigenvalue weighted by Crippen LogP contribution is -1.95. The van der Waals surface area contributed by atoms with Gasteiger partial charge in [0.2, 0.25) is 0 Å². The van der Waals surface area contributed by atoms with Crippen LogP contribution in [0.1, 0.15) is 0 Å². The van der Waals surface area contributed by atoms with Gasteiger partial charge in [-0.1, -0.05) is 48.5 Å². The molecule has 0 amide bonds. The Morgan fingerprint density at radius 2 is 1.29 bits per heavy atom. The van der Waals surface area contributed by atoms with Crippen LogP contribution in [0.15, 0.2) is 84.9 Å². The number of hydrogen-bond acceptors (Lipinski definition) is 1. The highest BCUT2D eigenvalue weighted by Gasteiger charge is 2.21. The summed E-state index contributed by atoms with van der Waals surface area (Å²) in [7, 11) is 1.60. The molecule has 31 heavy (non-hydrogen) atoms. The van der Waals surface area contributed by atoms with Gasteiger partial charge in [0.1, 0.15) is 23.2 Å². The molecule has 0 saturated heterocycles.